The summed E-state index contributed by atoms with van der Waals surface area (Å²) in [6, 6.07) is 15.8. The van der Waals surface area contributed by atoms with Crippen molar-refractivity contribution in [3.05, 3.63) is 65.0 Å². The van der Waals surface area contributed by atoms with E-state index in [9.17, 15) is 9.90 Å². The third-order valence-electron chi connectivity index (χ3n) is 3.94. The number of hydrogen-bond acceptors (Lipinski definition) is 5. The maximum Gasteiger partial charge on any atom is 0.349 e. The minimum Gasteiger partial charge on any atom is -0.506 e. The molecule has 0 spiro atoms. The van der Waals surface area contributed by atoms with Crippen LogP contribution in [0, 0.1) is 0 Å². The van der Waals surface area contributed by atoms with E-state index in [0.717, 1.165) is 11.1 Å². The molecule has 0 saturated carbocycles. The van der Waals surface area contributed by atoms with E-state index in [-0.39, 0.29) is 11.3 Å². The second-order valence-electron chi connectivity index (χ2n) is 5.36. The number of hydrogen-bond donors (Lipinski definition) is 1. The summed E-state index contributed by atoms with van der Waals surface area (Å²) in [4.78, 5) is 16.8. The van der Waals surface area contributed by atoms with Crippen LogP contribution in [-0.2, 0) is 0 Å². The average Bonchev–Trinajstić information content (AvgIpc) is 2.61. The lowest BCUT2D eigenvalue weighted by Gasteiger charge is -2.07. The second kappa shape index (κ2) is 5.38. The van der Waals surface area contributed by atoms with Crippen LogP contribution in [0.2, 0.25) is 0 Å². The molecule has 2 heterocycles. The topological polar surface area (TPSA) is 72.6 Å². The average molecular weight is 319 g/mol. The van der Waals surface area contributed by atoms with Gasteiger partial charge in [-0.3, -0.25) is 0 Å². The lowest BCUT2D eigenvalue weighted by molar-refractivity contribution is 0.415. The number of pyridine rings is 1. The molecule has 0 saturated heterocycles. The summed E-state index contributed by atoms with van der Waals surface area (Å²) in [7, 11) is 1.60. The predicted octanol–water partition coefficient (Wildman–Crippen LogP) is 3.72. The van der Waals surface area contributed by atoms with Gasteiger partial charge in [0.1, 0.15) is 22.6 Å². The van der Waals surface area contributed by atoms with Gasteiger partial charge in [-0.1, -0.05) is 18.2 Å². The highest BCUT2D eigenvalue weighted by atomic mass is 16.5. The number of nitrogens with zero attached hydrogens (tertiary/aromatic N) is 1. The van der Waals surface area contributed by atoms with Crippen LogP contribution in [0.1, 0.15) is 0 Å². The van der Waals surface area contributed by atoms with E-state index in [2.05, 4.69) is 4.98 Å². The number of rotatable bonds is 2. The quantitative estimate of drug-likeness (QED) is 0.570. The number of benzene rings is 2. The first kappa shape index (κ1) is 14.3. The van der Waals surface area contributed by atoms with Gasteiger partial charge in [0.2, 0.25) is 0 Å². The Hall–Kier alpha value is -3.34. The zero-order chi connectivity index (χ0) is 16.7. The van der Waals surface area contributed by atoms with Crippen LogP contribution in [0.3, 0.4) is 0 Å². The lowest BCUT2D eigenvalue weighted by Crippen LogP contribution is -2.04. The number of methoxy groups -OCH3 is 1. The molecule has 0 radical (unpaired) electrons. The molecule has 1 N–H and O–H groups in total. The van der Waals surface area contributed by atoms with E-state index >= 15 is 0 Å². The zero-order valence-corrected chi connectivity index (χ0v) is 12.8. The highest BCUT2D eigenvalue weighted by Crippen LogP contribution is 2.33. The van der Waals surface area contributed by atoms with Gasteiger partial charge >= 0.3 is 5.63 Å². The third-order valence-corrected chi connectivity index (χ3v) is 3.94. The molecule has 0 unspecified atom stereocenters. The van der Waals surface area contributed by atoms with Gasteiger partial charge in [0.15, 0.2) is 0 Å². The number of aromatic hydroxyl groups is 1. The molecule has 0 atom stereocenters. The first-order valence-corrected chi connectivity index (χ1v) is 7.37. The Balaban J connectivity index is 1.97. The molecule has 0 aliphatic heterocycles. The van der Waals surface area contributed by atoms with E-state index < -0.39 is 5.63 Å². The van der Waals surface area contributed by atoms with E-state index in [1.165, 1.54) is 0 Å². The van der Waals surface area contributed by atoms with Crippen LogP contribution in [0.4, 0.5) is 0 Å². The molecule has 0 bridgehead atoms. The van der Waals surface area contributed by atoms with Crippen molar-refractivity contribution < 1.29 is 14.3 Å². The van der Waals surface area contributed by atoms with Crippen LogP contribution in [0.25, 0.3) is 33.1 Å². The maximum absolute atomic E-state index is 12.3. The Bertz CT molecular complexity index is 1130. The van der Waals surface area contributed by atoms with Crippen molar-refractivity contribution in [2.24, 2.45) is 0 Å². The highest BCUT2D eigenvalue weighted by molar-refractivity contribution is 5.91. The van der Waals surface area contributed by atoms with Crippen molar-refractivity contribution in [1.29, 1.82) is 0 Å². The molecule has 0 aliphatic carbocycles. The molecule has 0 amide bonds. The molecule has 2 aromatic carbocycles. The standard InChI is InChI=1S/C19H13NO4/c1-23-12-7-9-14-11(10-12)6-8-15(20-14)17-18(21)13-4-2-3-5-16(13)24-19(17)22/h2-10,21H,1H3. The minimum atomic E-state index is -0.619. The normalized spacial score (nSPS) is 11.0. The van der Waals surface area contributed by atoms with Gasteiger partial charge < -0.3 is 14.3 Å². The molecular formula is C19H13NO4. The second-order valence-corrected chi connectivity index (χ2v) is 5.36. The summed E-state index contributed by atoms with van der Waals surface area (Å²) >= 11 is 0. The van der Waals surface area contributed by atoms with Crippen LogP contribution < -0.4 is 10.4 Å². The van der Waals surface area contributed by atoms with Crippen molar-refractivity contribution >= 4 is 21.9 Å². The van der Waals surface area contributed by atoms with Gasteiger partial charge in [0.25, 0.3) is 0 Å². The maximum atomic E-state index is 12.3. The van der Waals surface area contributed by atoms with Gasteiger partial charge in [-0.2, -0.15) is 0 Å². The van der Waals surface area contributed by atoms with Crippen molar-refractivity contribution in [3.8, 4) is 22.8 Å². The van der Waals surface area contributed by atoms with E-state index in [0.29, 0.717) is 22.2 Å². The van der Waals surface area contributed by atoms with Crippen LogP contribution in [-0.4, -0.2) is 17.2 Å². The fourth-order valence-electron chi connectivity index (χ4n) is 2.73. The molecule has 118 valence electrons. The number of aromatic nitrogens is 1. The monoisotopic (exact) mass is 319 g/mol. The van der Waals surface area contributed by atoms with E-state index in [1.807, 2.05) is 12.1 Å². The lowest BCUT2D eigenvalue weighted by atomic mass is 10.1. The summed E-state index contributed by atoms with van der Waals surface area (Å²) in [6.45, 7) is 0. The largest absolute Gasteiger partial charge is 0.506 e. The third kappa shape index (κ3) is 2.18. The molecule has 4 aromatic rings. The molecule has 5 heteroatoms. The Morgan fingerprint density at radius 1 is 1.08 bits per heavy atom. The Morgan fingerprint density at radius 3 is 2.75 bits per heavy atom. The van der Waals surface area contributed by atoms with Crippen molar-refractivity contribution in [1.82, 2.24) is 4.98 Å². The predicted molar refractivity (Wildman–Crippen MR) is 91.4 cm³/mol. The smallest absolute Gasteiger partial charge is 0.349 e. The molecule has 24 heavy (non-hydrogen) atoms. The number of para-hydroxylation sites is 1. The summed E-state index contributed by atoms with van der Waals surface area (Å²) in [5.41, 5.74) is 0.845. The molecule has 0 fully saturated rings. The van der Waals surface area contributed by atoms with Crippen molar-refractivity contribution in [2.45, 2.75) is 0 Å². The minimum absolute atomic E-state index is 0.0615. The summed E-state index contributed by atoms with van der Waals surface area (Å²) in [5.74, 6) is 0.604. The Labute approximate surface area is 136 Å². The SMILES string of the molecule is COc1ccc2nc(-c3c(O)c4ccccc4oc3=O)ccc2c1. The summed E-state index contributed by atoms with van der Waals surface area (Å²) in [6.07, 6.45) is 0. The number of fused-ring (bicyclic) bond motifs is 2. The Kier molecular flexibility index (Phi) is 3.20. The van der Waals surface area contributed by atoms with Gasteiger partial charge in [-0.25, -0.2) is 9.78 Å². The molecule has 5 nitrogen and oxygen atoms in total. The van der Waals surface area contributed by atoms with Crippen LogP contribution >= 0.6 is 0 Å². The van der Waals surface area contributed by atoms with Crippen molar-refractivity contribution in [2.75, 3.05) is 7.11 Å². The Morgan fingerprint density at radius 2 is 1.92 bits per heavy atom. The fraction of sp³-hybridized carbons (Fsp3) is 0.0526. The van der Waals surface area contributed by atoms with Gasteiger partial charge in [-0.05, 0) is 36.4 Å². The molecule has 2 aromatic heterocycles. The van der Waals surface area contributed by atoms with Crippen molar-refractivity contribution in [3.63, 3.8) is 0 Å². The summed E-state index contributed by atoms with van der Waals surface area (Å²) < 4.78 is 10.5. The van der Waals surface area contributed by atoms with E-state index in [1.54, 1.807) is 49.6 Å². The van der Waals surface area contributed by atoms with Gasteiger partial charge in [0.05, 0.1) is 23.7 Å². The summed E-state index contributed by atoms with van der Waals surface area (Å²) in [5, 5.41) is 11.9. The fourth-order valence-corrected chi connectivity index (χ4v) is 2.73. The first-order valence-electron chi connectivity index (χ1n) is 7.37. The van der Waals surface area contributed by atoms with Crippen LogP contribution in [0.5, 0.6) is 11.5 Å². The highest BCUT2D eigenvalue weighted by Gasteiger charge is 2.17. The van der Waals surface area contributed by atoms with Gasteiger partial charge in [-0.15, -0.1) is 0 Å². The van der Waals surface area contributed by atoms with Gasteiger partial charge in [0, 0.05) is 5.39 Å². The van der Waals surface area contributed by atoms with E-state index in [4.69, 9.17) is 9.15 Å². The molecule has 0 aliphatic rings. The zero-order valence-electron chi connectivity index (χ0n) is 12.8. The first-order chi connectivity index (χ1) is 11.7. The molecular weight excluding hydrogens is 306 g/mol. The molecule has 4 rings (SSSR count). The number of ether oxygens (including phenoxy) is 1. The van der Waals surface area contributed by atoms with Crippen LogP contribution in [0.15, 0.2) is 63.8 Å².